The highest BCUT2D eigenvalue weighted by Crippen LogP contribution is 2.29. The van der Waals surface area contributed by atoms with Gasteiger partial charge in [0.15, 0.2) is 0 Å². The van der Waals surface area contributed by atoms with Crippen LogP contribution in [0, 0.1) is 6.92 Å². The second kappa shape index (κ2) is 5.39. The average Bonchev–Trinajstić information content (AvgIpc) is 2.81. The van der Waals surface area contributed by atoms with Gasteiger partial charge >= 0.3 is 0 Å². The second-order valence-corrected chi connectivity index (χ2v) is 3.63. The van der Waals surface area contributed by atoms with Crippen molar-refractivity contribution in [3.05, 3.63) is 30.0 Å². The van der Waals surface area contributed by atoms with E-state index >= 15 is 0 Å². The average molecular weight is 249 g/mol. The van der Waals surface area contributed by atoms with Crippen molar-refractivity contribution in [2.24, 2.45) is 0 Å². The van der Waals surface area contributed by atoms with Crippen molar-refractivity contribution in [1.29, 1.82) is 0 Å². The first-order valence-electron chi connectivity index (χ1n) is 5.48. The fourth-order valence-electron chi connectivity index (χ4n) is 1.53. The van der Waals surface area contributed by atoms with Crippen LogP contribution in [0.3, 0.4) is 0 Å². The van der Waals surface area contributed by atoms with E-state index in [1.165, 1.54) is 0 Å². The molecule has 6 nitrogen and oxygen atoms in total. The van der Waals surface area contributed by atoms with Crippen LogP contribution in [-0.4, -0.2) is 24.4 Å². The Labute approximate surface area is 105 Å². The van der Waals surface area contributed by atoms with E-state index in [9.17, 15) is 0 Å². The molecule has 1 aromatic heterocycles. The molecule has 1 aromatic carbocycles. The predicted molar refractivity (Wildman–Crippen MR) is 65.9 cm³/mol. The summed E-state index contributed by atoms with van der Waals surface area (Å²) < 4.78 is 15.7. The zero-order valence-electron chi connectivity index (χ0n) is 10.6. The molecule has 2 rings (SSSR count). The number of hydrogen-bond acceptors (Lipinski definition) is 6. The first-order valence-corrected chi connectivity index (χ1v) is 5.48. The van der Waals surface area contributed by atoms with Crippen molar-refractivity contribution in [3.8, 4) is 11.5 Å². The molecule has 18 heavy (non-hydrogen) atoms. The summed E-state index contributed by atoms with van der Waals surface area (Å²) in [5, 5.41) is 10.8. The number of rotatable bonds is 5. The molecule has 96 valence electrons. The highest BCUT2D eigenvalue weighted by Gasteiger charge is 2.07. The number of methoxy groups -OCH3 is 2. The van der Waals surface area contributed by atoms with Gasteiger partial charge in [-0.3, -0.25) is 0 Å². The molecule has 0 bridgehead atoms. The summed E-state index contributed by atoms with van der Waals surface area (Å²) in [5.41, 5.74) is 0.813. The number of aryl methyl sites for hydroxylation is 1. The Morgan fingerprint density at radius 2 is 2.06 bits per heavy atom. The first-order chi connectivity index (χ1) is 8.72. The maximum absolute atomic E-state index is 5.28. The fraction of sp³-hybridized carbons (Fsp3) is 0.333. The molecule has 6 heteroatoms. The standard InChI is InChI=1S/C12H15N3O3/c1-8-14-15-12(18-8)7-13-10-6-9(16-2)4-5-11(10)17-3/h4-6,13H,7H2,1-3H3. The first kappa shape index (κ1) is 12.2. The number of hydrogen-bond donors (Lipinski definition) is 1. The highest BCUT2D eigenvalue weighted by atomic mass is 16.5. The predicted octanol–water partition coefficient (Wildman–Crippen LogP) is 2.01. The van der Waals surface area contributed by atoms with Crippen LogP contribution in [0.5, 0.6) is 11.5 Å². The van der Waals surface area contributed by atoms with Crippen LogP contribution in [0.15, 0.2) is 22.6 Å². The maximum atomic E-state index is 5.28. The number of benzene rings is 1. The lowest BCUT2D eigenvalue weighted by molar-refractivity contribution is 0.404. The van der Waals surface area contributed by atoms with Gasteiger partial charge in [-0.15, -0.1) is 10.2 Å². The van der Waals surface area contributed by atoms with Gasteiger partial charge in [-0.2, -0.15) is 0 Å². The lowest BCUT2D eigenvalue weighted by atomic mass is 10.2. The van der Waals surface area contributed by atoms with Gasteiger partial charge in [0.1, 0.15) is 11.5 Å². The number of nitrogens with one attached hydrogen (secondary N) is 1. The minimum absolute atomic E-state index is 0.435. The van der Waals surface area contributed by atoms with Gasteiger partial charge < -0.3 is 19.2 Å². The molecule has 1 N–H and O–H groups in total. The minimum Gasteiger partial charge on any atom is -0.497 e. The molecule has 0 saturated heterocycles. The lowest BCUT2D eigenvalue weighted by Crippen LogP contribution is -2.02. The Kier molecular flexibility index (Phi) is 3.66. The van der Waals surface area contributed by atoms with E-state index < -0.39 is 0 Å². The van der Waals surface area contributed by atoms with E-state index in [-0.39, 0.29) is 0 Å². The smallest absolute Gasteiger partial charge is 0.235 e. The Bertz CT molecular complexity index is 525. The summed E-state index contributed by atoms with van der Waals surface area (Å²) in [5.74, 6) is 2.55. The Morgan fingerprint density at radius 1 is 1.22 bits per heavy atom. The van der Waals surface area contributed by atoms with Crippen LogP contribution in [0.25, 0.3) is 0 Å². The van der Waals surface area contributed by atoms with E-state index in [2.05, 4.69) is 15.5 Å². The molecule has 0 amide bonds. The zero-order chi connectivity index (χ0) is 13.0. The van der Waals surface area contributed by atoms with Crippen LogP contribution in [0.1, 0.15) is 11.8 Å². The third-order valence-electron chi connectivity index (χ3n) is 2.40. The Hall–Kier alpha value is -2.24. The van der Waals surface area contributed by atoms with Crippen molar-refractivity contribution < 1.29 is 13.9 Å². The lowest BCUT2D eigenvalue weighted by Gasteiger charge is -2.11. The molecule has 0 aliphatic carbocycles. The number of anilines is 1. The van der Waals surface area contributed by atoms with Crippen molar-refractivity contribution in [1.82, 2.24) is 10.2 Å². The van der Waals surface area contributed by atoms with Gasteiger partial charge in [0, 0.05) is 13.0 Å². The molecule has 0 aliphatic rings. The Morgan fingerprint density at radius 3 is 2.67 bits per heavy atom. The van der Waals surface area contributed by atoms with Gasteiger partial charge in [-0.25, -0.2) is 0 Å². The summed E-state index contributed by atoms with van der Waals surface area (Å²) in [6, 6.07) is 5.52. The van der Waals surface area contributed by atoms with Crippen molar-refractivity contribution >= 4 is 5.69 Å². The van der Waals surface area contributed by atoms with E-state index in [1.807, 2.05) is 18.2 Å². The number of nitrogens with zero attached hydrogens (tertiary/aromatic N) is 2. The molecule has 1 heterocycles. The fourth-order valence-corrected chi connectivity index (χ4v) is 1.53. The number of aromatic nitrogens is 2. The van der Waals surface area contributed by atoms with Crippen LogP contribution < -0.4 is 14.8 Å². The quantitative estimate of drug-likeness (QED) is 0.874. The molecule has 0 radical (unpaired) electrons. The largest absolute Gasteiger partial charge is 0.497 e. The third-order valence-corrected chi connectivity index (χ3v) is 2.40. The summed E-state index contributed by atoms with van der Waals surface area (Å²) >= 11 is 0. The summed E-state index contributed by atoms with van der Waals surface area (Å²) in [7, 11) is 3.23. The van der Waals surface area contributed by atoms with Gasteiger partial charge in [0.2, 0.25) is 11.8 Å². The van der Waals surface area contributed by atoms with Crippen molar-refractivity contribution in [3.63, 3.8) is 0 Å². The molecular weight excluding hydrogens is 234 g/mol. The molecule has 0 fully saturated rings. The molecule has 0 saturated carbocycles. The normalized spacial score (nSPS) is 10.2. The topological polar surface area (TPSA) is 69.4 Å². The Balaban J connectivity index is 2.11. The second-order valence-electron chi connectivity index (χ2n) is 3.63. The van der Waals surface area contributed by atoms with Gasteiger partial charge in [-0.1, -0.05) is 0 Å². The monoisotopic (exact) mass is 249 g/mol. The molecule has 0 unspecified atom stereocenters. The van der Waals surface area contributed by atoms with E-state index in [4.69, 9.17) is 13.9 Å². The summed E-state index contributed by atoms with van der Waals surface area (Å²) in [6.45, 7) is 2.19. The van der Waals surface area contributed by atoms with Crippen molar-refractivity contribution in [2.45, 2.75) is 13.5 Å². The third kappa shape index (κ3) is 2.71. The van der Waals surface area contributed by atoms with Gasteiger partial charge in [-0.05, 0) is 12.1 Å². The highest BCUT2D eigenvalue weighted by molar-refractivity contribution is 5.59. The van der Waals surface area contributed by atoms with Gasteiger partial charge in [0.25, 0.3) is 0 Å². The molecule has 2 aromatic rings. The minimum atomic E-state index is 0.435. The van der Waals surface area contributed by atoms with Crippen molar-refractivity contribution in [2.75, 3.05) is 19.5 Å². The van der Waals surface area contributed by atoms with Gasteiger partial charge in [0.05, 0.1) is 26.5 Å². The van der Waals surface area contributed by atoms with Crippen LogP contribution in [0.4, 0.5) is 5.69 Å². The molecular formula is C12H15N3O3. The molecule has 0 aliphatic heterocycles. The van der Waals surface area contributed by atoms with E-state index in [1.54, 1.807) is 21.1 Å². The van der Waals surface area contributed by atoms with Crippen LogP contribution in [0.2, 0.25) is 0 Å². The summed E-state index contributed by atoms with van der Waals surface area (Å²) in [4.78, 5) is 0. The van der Waals surface area contributed by atoms with Crippen LogP contribution >= 0.6 is 0 Å². The summed E-state index contributed by atoms with van der Waals surface area (Å²) in [6.07, 6.45) is 0. The van der Waals surface area contributed by atoms with Crippen LogP contribution in [-0.2, 0) is 6.54 Å². The molecule has 0 atom stereocenters. The number of ether oxygens (including phenoxy) is 2. The van der Waals surface area contributed by atoms with E-state index in [0.717, 1.165) is 17.2 Å². The van der Waals surface area contributed by atoms with E-state index in [0.29, 0.717) is 18.3 Å². The maximum Gasteiger partial charge on any atom is 0.235 e. The molecule has 0 spiro atoms. The SMILES string of the molecule is COc1ccc(OC)c(NCc2nnc(C)o2)c1. The zero-order valence-corrected chi connectivity index (χ0v) is 10.6.